The maximum Gasteiger partial charge on any atom is 0.223 e. The molecule has 0 atom stereocenters. The number of hydrogen-bond donors (Lipinski definition) is 0. The summed E-state index contributed by atoms with van der Waals surface area (Å²) >= 11 is 5.73. The zero-order valence-corrected chi connectivity index (χ0v) is 13.5. The van der Waals surface area contributed by atoms with Gasteiger partial charge in [-0.25, -0.2) is 14.4 Å². The molecule has 0 radical (unpaired) electrons. The summed E-state index contributed by atoms with van der Waals surface area (Å²) < 4.78 is 19.7. The van der Waals surface area contributed by atoms with Crippen molar-refractivity contribution in [1.29, 1.82) is 0 Å². The van der Waals surface area contributed by atoms with Crippen LogP contribution in [0.5, 0.6) is 0 Å². The Kier molecular flexibility index (Phi) is 4.51. The summed E-state index contributed by atoms with van der Waals surface area (Å²) in [5.41, 5.74) is 0.487. The quantitative estimate of drug-likeness (QED) is 0.621. The highest BCUT2D eigenvalue weighted by atomic mass is 35.5. The largest absolute Gasteiger partial charge is 0.411 e. The van der Waals surface area contributed by atoms with E-state index >= 15 is 0 Å². The Bertz CT molecular complexity index is 446. The van der Waals surface area contributed by atoms with E-state index in [4.69, 9.17) is 16.0 Å². The minimum Gasteiger partial charge on any atom is -0.411 e. The molecule has 1 heterocycles. The first-order valence-electron chi connectivity index (χ1n) is 5.87. The Morgan fingerprint density at radius 2 is 1.83 bits per heavy atom. The lowest BCUT2D eigenvalue weighted by atomic mass is 10.2. The molecular weight excluding hydrogens is 271 g/mol. The second-order valence-corrected chi connectivity index (χ2v) is 11.0. The SMILES string of the molecule is Cc1nc(Cl)nc(CO[Si](C)(C)C(C)(C)C)c1F. The predicted octanol–water partition coefficient (Wildman–Crippen LogP) is 4.10. The van der Waals surface area contributed by atoms with Crippen molar-refractivity contribution in [2.75, 3.05) is 0 Å². The molecule has 0 aliphatic rings. The molecule has 0 aliphatic carbocycles. The Balaban J connectivity index is 2.88. The van der Waals surface area contributed by atoms with Gasteiger partial charge in [0, 0.05) is 0 Å². The standard InChI is InChI=1S/C12H20ClFN2OSi/c1-8-10(14)9(16-11(13)15-8)7-17-18(5,6)12(2,3)4/h7H2,1-6H3. The van der Waals surface area contributed by atoms with Crippen molar-refractivity contribution in [2.24, 2.45) is 0 Å². The number of halogens is 2. The van der Waals surface area contributed by atoms with Crippen molar-refractivity contribution in [2.45, 2.75) is 52.4 Å². The van der Waals surface area contributed by atoms with E-state index in [-0.39, 0.29) is 28.3 Å². The zero-order valence-electron chi connectivity index (χ0n) is 11.8. The van der Waals surface area contributed by atoms with Crippen LogP contribution in [0.25, 0.3) is 0 Å². The molecule has 18 heavy (non-hydrogen) atoms. The Hall–Kier alpha value is -0.523. The van der Waals surface area contributed by atoms with Gasteiger partial charge in [-0.3, -0.25) is 0 Å². The highest BCUT2D eigenvalue weighted by Crippen LogP contribution is 2.37. The summed E-state index contributed by atoms with van der Waals surface area (Å²) in [5.74, 6) is -0.432. The van der Waals surface area contributed by atoms with Crippen LogP contribution in [0.4, 0.5) is 4.39 Å². The third kappa shape index (κ3) is 3.49. The lowest BCUT2D eigenvalue weighted by Crippen LogP contribution is -2.40. The summed E-state index contributed by atoms with van der Waals surface area (Å²) in [6.45, 7) is 12.3. The van der Waals surface area contributed by atoms with E-state index in [1.165, 1.54) is 0 Å². The molecule has 0 saturated carbocycles. The third-order valence-electron chi connectivity index (χ3n) is 3.43. The fourth-order valence-electron chi connectivity index (χ4n) is 1.14. The van der Waals surface area contributed by atoms with Crippen LogP contribution in [0.1, 0.15) is 32.2 Å². The van der Waals surface area contributed by atoms with Crippen molar-refractivity contribution in [3.05, 3.63) is 22.5 Å². The normalized spacial score (nSPS) is 12.9. The molecule has 0 unspecified atom stereocenters. The number of rotatable bonds is 3. The van der Waals surface area contributed by atoms with E-state index in [2.05, 4.69) is 43.8 Å². The maximum absolute atomic E-state index is 13.8. The van der Waals surface area contributed by atoms with Crippen LogP contribution in [0, 0.1) is 12.7 Å². The van der Waals surface area contributed by atoms with E-state index in [0.29, 0.717) is 0 Å². The van der Waals surface area contributed by atoms with E-state index in [0.717, 1.165) is 0 Å². The van der Waals surface area contributed by atoms with Gasteiger partial charge in [0.1, 0.15) is 5.69 Å². The van der Waals surface area contributed by atoms with Gasteiger partial charge in [-0.2, -0.15) is 0 Å². The van der Waals surface area contributed by atoms with Crippen molar-refractivity contribution >= 4 is 19.9 Å². The van der Waals surface area contributed by atoms with Gasteiger partial charge >= 0.3 is 0 Å². The Labute approximate surface area is 114 Å². The third-order valence-corrected chi connectivity index (χ3v) is 8.08. The molecule has 0 saturated heterocycles. The molecule has 3 nitrogen and oxygen atoms in total. The molecule has 0 spiro atoms. The lowest BCUT2D eigenvalue weighted by Gasteiger charge is -2.36. The monoisotopic (exact) mass is 290 g/mol. The number of aryl methyl sites for hydroxylation is 1. The molecular formula is C12H20ClFN2OSi. The van der Waals surface area contributed by atoms with E-state index in [1.54, 1.807) is 6.92 Å². The van der Waals surface area contributed by atoms with Gasteiger partial charge in [0.25, 0.3) is 0 Å². The minimum absolute atomic E-state index is 0.0581. The summed E-state index contributed by atoms with van der Waals surface area (Å²) in [7, 11) is -1.92. The first kappa shape index (κ1) is 15.5. The highest BCUT2D eigenvalue weighted by molar-refractivity contribution is 6.74. The summed E-state index contributed by atoms with van der Waals surface area (Å²) in [4.78, 5) is 7.66. The number of aromatic nitrogens is 2. The maximum atomic E-state index is 13.8. The van der Waals surface area contributed by atoms with Crippen LogP contribution < -0.4 is 0 Å². The van der Waals surface area contributed by atoms with Gasteiger partial charge < -0.3 is 4.43 Å². The van der Waals surface area contributed by atoms with Crippen LogP contribution >= 0.6 is 11.6 Å². The number of hydrogen-bond acceptors (Lipinski definition) is 3. The number of nitrogens with zero attached hydrogens (tertiary/aromatic N) is 2. The molecule has 6 heteroatoms. The molecule has 0 fully saturated rings. The molecule has 1 aromatic rings. The second kappa shape index (κ2) is 5.23. The van der Waals surface area contributed by atoms with Crippen LogP contribution in [-0.2, 0) is 11.0 Å². The fourth-order valence-corrected chi connectivity index (χ4v) is 2.30. The molecule has 0 amide bonds. The lowest BCUT2D eigenvalue weighted by molar-refractivity contribution is 0.265. The van der Waals surface area contributed by atoms with Crippen LogP contribution in [-0.4, -0.2) is 18.3 Å². The van der Waals surface area contributed by atoms with Crippen LogP contribution in [0.3, 0.4) is 0 Å². The fraction of sp³-hybridized carbons (Fsp3) is 0.667. The summed E-state index contributed by atoms with van der Waals surface area (Å²) in [5, 5.41) is 0.137. The van der Waals surface area contributed by atoms with Gasteiger partial charge in [0.2, 0.25) is 5.28 Å². The van der Waals surface area contributed by atoms with Crippen LogP contribution in [0.2, 0.25) is 23.4 Å². The molecule has 0 aliphatic heterocycles. The molecule has 1 rings (SSSR count). The minimum atomic E-state index is -1.92. The van der Waals surface area contributed by atoms with E-state index in [1.807, 2.05) is 0 Å². The zero-order chi connectivity index (χ0) is 14.1. The van der Waals surface area contributed by atoms with Gasteiger partial charge in [-0.05, 0) is 36.7 Å². The molecule has 0 aromatic carbocycles. The Morgan fingerprint density at radius 3 is 2.33 bits per heavy atom. The topological polar surface area (TPSA) is 35.0 Å². The van der Waals surface area contributed by atoms with Crippen LogP contribution in [0.15, 0.2) is 0 Å². The molecule has 0 bridgehead atoms. The van der Waals surface area contributed by atoms with Gasteiger partial charge in [0.15, 0.2) is 14.1 Å². The molecule has 102 valence electrons. The molecule has 1 aromatic heterocycles. The smallest absolute Gasteiger partial charge is 0.223 e. The van der Waals surface area contributed by atoms with Crippen molar-refractivity contribution in [1.82, 2.24) is 9.97 Å². The highest BCUT2D eigenvalue weighted by Gasteiger charge is 2.37. The van der Waals surface area contributed by atoms with E-state index in [9.17, 15) is 4.39 Å². The average Bonchev–Trinajstić information content (AvgIpc) is 2.19. The first-order chi connectivity index (χ1) is 8.04. The van der Waals surface area contributed by atoms with Crippen molar-refractivity contribution in [3.63, 3.8) is 0 Å². The predicted molar refractivity (Wildman–Crippen MR) is 73.7 cm³/mol. The first-order valence-corrected chi connectivity index (χ1v) is 9.15. The summed E-state index contributed by atoms with van der Waals surface area (Å²) in [6, 6.07) is 0. The van der Waals surface area contributed by atoms with Gasteiger partial charge in [-0.15, -0.1) is 0 Å². The van der Waals surface area contributed by atoms with E-state index < -0.39 is 14.1 Å². The van der Waals surface area contributed by atoms with Gasteiger partial charge in [-0.1, -0.05) is 20.8 Å². The Morgan fingerprint density at radius 1 is 1.28 bits per heavy atom. The van der Waals surface area contributed by atoms with Crippen molar-refractivity contribution in [3.8, 4) is 0 Å². The second-order valence-electron chi connectivity index (χ2n) is 5.89. The summed E-state index contributed by atoms with van der Waals surface area (Å²) in [6.07, 6.45) is 0. The van der Waals surface area contributed by atoms with Gasteiger partial charge in [0.05, 0.1) is 12.3 Å². The average molecular weight is 291 g/mol. The van der Waals surface area contributed by atoms with Crippen molar-refractivity contribution < 1.29 is 8.82 Å². The molecule has 0 N–H and O–H groups in total.